The van der Waals surface area contributed by atoms with Gasteiger partial charge in [0.25, 0.3) is 5.69 Å². The van der Waals surface area contributed by atoms with E-state index in [4.69, 9.17) is 0 Å². The highest BCUT2D eigenvalue weighted by molar-refractivity contribution is 9.10. The van der Waals surface area contributed by atoms with Gasteiger partial charge in [0.05, 0.1) is 4.92 Å². The molecule has 1 N–H and O–H groups in total. The van der Waals surface area contributed by atoms with Crippen LogP contribution in [0.3, 0.4) is 0 Å². The Morgan fingerprint density at radius 1 is 1.50 bits per heavy atom. The van der Waals surface area contributed by atoms with Gasteiger partial charge in [-0.3, -0.25) is 10.1 Å². The maximum atomic E-state index is 11.2. The number of nitro benzene ring substituents is 1. The van der Waals surface area contributed by atoms with E-state index in [1.54, 1.807) is 6.07 Å². The molecule has 0 radical (unpaired) electrons. The number of nitrogens with zero attached hydrogens (tertiary/aromatic N) is 2. The number of anilines is 1. The van der Waals surface area contributed by atoms with Crippen molar-refractivity contribution in [3.8, 4) is 0 Å². The Hall–Kier alpha value is -1.14. The molecule has 110 valence electrons. The lowest BCUT2D eigenvalue weighted by Gasteiger charge is -2.31. The number of nitro groups is 1. The molecule has 2 rings (SSSR count). The third-order valence-electron chi connectivity index (χ3n) is 3.71. The fourth-order valence-corrected chi connectivity index (χ4v) is 3.00. The van der Waals surface area contributed by atoms with Crippen LogP contribution in [-0.2, 0) is 0 Å². The molecule has 1 heterocycles. The summed E-state index contributed by atoms with van der Waals surface area (Å²) in [6, 6.07) is 5.69. The Balaban J connectivity index is 2.19. The average molecular weight is 342 g/mol. The summed E-state index contributed by atoms with van der Waals surface area (Å²) in [7, 11) is 0. The van der Waals surface area contributed by atoms with Crippen LogP contribution in [0.1, 0.15) is 26.2 Å². The van der Waals surface area contributed by atoms with E-state index in [1.807, 2.05) is 19.1 Å². The molecule has 0 bridgehead atoms. The highest BCUT2D eigenvalue weighted by Gasteiger charge is 2.22. The van der Waals surface area contributed by atoms with Gasteiger partial charge in [-0.25, -0.2) is 0 Å². The topological polar surface area (TPSA) is 58.4 Å². The number of hydrogen-bond acceptors (Lipinski definition) is 4. The molecule has 1 saturated heterocycles. The van der Waals surface area contributed by atoms with Crippen LogP contribution in [0.25, 0.3) is 0 Å². The monoisotopic (exact) mass is 341 g/mol. The minimum atomic E-state index is -0.308. The van der Waals surface area contributed by atoms with E-state index in [9.17, 15) is 10.1 Å². The van der Waals surface area contributed by atoms with Crippen molar-refractivity contribution < 1.29 is 4.92 Å². The first-order chi connectivity index (χ1) is 9.61. The number of likely N-dealkylation sites (N-methyl/N-ethyl adjacent to an activating group) is 1. The molecule has 0 aliphatic carbocycles. The van der Waals surface area contributed by atoms with Crippen LogP contribution in [0.5, 0.6) is 0 Å². The molecule has 1 unspecified atom stereocenters. The number of piperidine rings is 1. The Bertz CT molecular complexity index is 475. The lowest BCUT2D eigenvalue weighted by atomic mass is 10.0. The van der Waals surface area contributed by atoms with Crippen LogP contribution in [0.15, 0.2) is 22.7 Å². The molecular formula is C14H20BrN3O2. The molecule has 20 heavy (non-hydrogen) atoms. The number of hydrogen-bond donors (Lipinski definition) is 1. The lowest BCUT2D eigenvalue weighted by Crippen LogP contribution is -2.43. The summed E-state index contributed by atoms with van der Waals surface area (Å²) in [5.41, 5.74) is 0.866. The summed E-state index contributed by atoms with van der Waals surface area (Å²) in [5, 5.41) is 14.7. The molecule has 0 saturated carbocycles. The van der Waals surface area contributed by atoms with Gasteiger partial charge in [-0.15, -0.1) is 0 Å². The van der Waals surface area contributed by atoms with Crippen LogP contribution in [-0.4, -0.2) is 30.6 Å². The SMILES string of the molecule is CCN(CC1CCCCN1)c1ccc(Br)cc1[N+](=O)[O-]. The van der Waals surface area contributed by atoms with Crippen LogP contribution in [0.4, 0.5) is 11.4 Å². The highest BCUT2D eigenvalue weighted by Crippen LogP contribution is 2.31. The standard InChI is InChI=1S/C14H20BrN3O2/c1-2-17(10-12-5-3-4-8-16-12)13-7-6-11(15)9-14(13)18(19)20/h6-7,9,12,16H,2-5,8,10H2,1H3. The first kappa shape index (κ1) is 15.3. The van der Waals surface area contributed by atoms with E-state index < -0.39 is 0 Å². The predicted molar refractivity (Wildman–Crippen MR) is 84.3 cm³/mol. The summed E-state index contributed by atoms with van der Waals surface area (Å²) >= 11 is 3.30. The van der Waals surface area contributed by atoms with E-state index in [0.717, 1.165) is 30.5 Å². The molecule has 0 aromatic heterocycles. The van der Waals surface area contributed by atoms with E-state index in [0.29, 0.717) is 11.7 Å². The molecular weight excluding hydrogens is 322 g/mol. The summed E-state index contributed by atoms with van der Waals surface area (Å²) in [5.74, 6) is 0. The van der Waals surface area contributed by atoms with Crippen molar-refractivity contribution in [3.05, 3.63) is 32.8 Å². The molecule has 0 amide bonds. The summed E-state index contributed by atoms with van der Waals surface area (Å²) in [6.07, 6.45) is 3.60. The average Bonchev–Trinajstić information content (AvgIpc) is 2.46. The van der Waals surface area contributed by atoms with Crippen LogP contribution >= 0.6 is 15.9 Å². The number of rotatable bonds is 5. The summed E-state index contributed by atoms with van der Waals surface area (Å²) in [4.78, 5) is 13.0. The smallest absolute Gasteiger partial charge is 0.293 e. The van der Waals surface area contributed by atoms with Gasteiger partial charge in [0.2, 0.25) is 0 Å². The van der Waals surface area contributed by atoms with Gasteiger partial charge in [-0.05, 0) is 38.4 Å². The van der Waals surface area contributed by atoms with E-state index in [1.165, 1.54) is 12.8 Å². The molecule has 1 aromatic carbocycles. The number of nitrogens with one attached hydrogen (secondary N) is 1. The Morgan fingerprint density at radius 3 is 2.90 bits per heavy atom. The van der Waals surface area contributed by atoms with Crippen LogP contribution in [0.2, 0.25) is 0 Å². The molecule has 1 atom stereocenters. The maximum Gasteiger partial charge on any atom is 0.293 e. The molecule has 1 aliphatic heterocycles. The second-order valence-corrected chi connectivity index (χ2v) is 5.99. The summed E-state index contributed by atoms with van der Waals surface area (Å²) in [6.45, 7) is 4.67. The molecule has 1 aliphatic rings. The van der Waals surface area contributed by atoms with Crippen molar-refractivity contribution in [1.82, 2.24) is 5.32 Å². The maximum absolute atomic E-state index is 11.2. The normalized spacial score (nSPS) is 18.8. The third kappa shape index (κ3) is 3.70. The van der Waals surface area contributed by atoms with Crippen molar-refractivity contribution in [1.29, 1.82) is 0 Å². The second kappa shape index (κ2) is 7.04. The first-order valence-electron chi connectivity index (χ1n) is 7.04. The van der Waals surface area contributed by atoms with Crippen molar-refractivity contribution in [2.45, 2.75) is 32.2 Å². The van der Waals surface area contributed by atoms with Crippen molar-refractivity contribution in [2.24, 2.45) is 0 Å². The Kier molecular flexibility index (Phi) is 5.37. The zero-order valence-electron chi connectivity index (χ0n) is 11.6. The fraction of sp³-hybridized carbons (Fsp3) is 0.571. The van der Waals surface area contributed by atoms with Gasteiger partial charge in [0, 0.05) is 29.7 Å². The quantitative estimate of drug-likeness (QED) is 0.659. The third-order valence-corrected chi connectivity index (χ3v) is 4.20. The minimum Gasteiger partial charge on any atom is -0.365 e. The molecule has 1 fully saturated rings. The molecule has 0 spiro atoms. The van der Waals surface area contributed by atoms with Gasteiger partial charge in [0.15, 0.2) is 0 Å². The van der Waals surface area contributed by atoms with E-state index in [-0.39, 0.29) is 10.6 Å². The molecule has 1 aromatic rings. The number of benzene rings is 1. The van der Waals surface area contributed by atoms with Crippen LogP contribution in [0, 0.1) is 10.1 Å². The van der Waals surface area contributed by atoms with Gasteiger partial charge in [0.1, 0.15) is 5.69 Å². The van der Waals surface area contributed by atoms with E-state index in [2.05, 4.69) is 26.1 Å². The minimum absolute atomic E-state index is 0.164. The van der Waals surface area contributed by atoms with Crippen molar-refractivity contribution in [2.75, 3.05) is 24.5 Å². The molecule has 6 heteroatoms. The Labute approximate surface area is 127 Å². The van der Waals surface area contributed by atoms with Gasteiger partial charge in [-0.2, -0.15) is 0 Å². The van der Waals surface area contributed by atoms with Crippen molar-refractivity contribution in [3.63, 3.8) is 0 Å². The first-order valence-corrected chi connectivity index (χ1v) is 7.83. The van der Waals surface area contributed by atoms with Gasteiger partial charge in [-0.1, -0.05) is 22.4 Å². The fourth-order valence-electron chi connectivity index (χ4n) is 2.65. The van der Waals surface area contributed by atoms with Gasteiger partial charge < -0.3 is 10.2 Å². The lowest BCUT2D eigenvalue weighted by molar-refractivity contribution is -0.384. The zero-order valence-corrected chi connectivity index (χ0v) is 13.2. The Morgan fingerprint density at radius 2 is 2.30 bits per heavy atom. The summed E-state index contributed by atoms with van der Waals surface area (Å²) < 4.78 is 0.736. The highest BCUT2D eigenvalue weighted by atomic mass is 79.9. The predicted octanol–water partition coefficient (Wildman–Crippen LogP) is 3.33. The zero-order chi connectivity index (χ0) is 14.5. The van der Waals surface area contributed by atoms with Gasteiger partial charge >= 0.3 is 0 Å². The number of halogens is 1. The molecule has 5 nitrogen and oxygen atoms in total. The second-order valence-electron chi connectivity index (χ2n) is 5.08. The largest absolute Gasteiger partial charge is 0.365 e. The van der Waals surface area contributed by atoms with Crippen molar-refractivity contribution >= 4 is 27.3 Å². The van der Waals surface area contributed by atoms with Crippen LogP contribution < -0.4 is 10.2 Å². The van der Waals surface area contributed by atoms with E-state index >= 15 is 0 Å².